The first-order valence-corrected chi connectivity index (χ1v) is 3.98. The predicted molar refractivity (Wildman–Crippen MR) is 52.7 cm³/mol. The molecule has 15 heavy (non-hydrogen) atoms. The van der Waals surface area contributed by atoms with Gasteiger partial charge in [-0.1, -0.05) is 12.1 Å². The molecule has 2 nitrogen and oxygen atoms in total. The lowest BCUT2D eigenvalue weighted by atomic mass is 10.1. The Bertz CT molecular complexity index is 316. The zero-order valence-electron chi connectivity index (χ0n) is 7.66. The fourth-order valence-corrected chi connectivity index (χ4v) is 1.05. The topological polar surface area (TPSA) is 46.2 Å². The molecule has 3 N–H and O–H groups in total. The Balaban J connectivity index is 0.00000196. The molecule has 0 amide bonds. The summed E-state index contributed by atoms with van der Waals surface area (Å²) in [5, 5.41) is 8.68. The van der Waals surface area contributed by atoms with E-state index < -0.39 is 17.8 Å². The highest BCUT2D eigenvalue weighted by Gasteiger charge is 2.30. The van der Waals surface area contributed by atoms with Crippen LogP contribution in [0, 0.1) is 0 Å². The number of nitrogens with two attached hydrogens (primary N) is 1. The van der Waals surface area contributed by atoms with Crippen LogP contribution in [0.25, 0.3) is 0 Å². The molecule has 0 unspecified atom stereocenters. The number of hydrogen-bond donors (Lipinski definition) is 2. The van der Waals surface area contributed by atoms with E-state index in [1.54, 1.807) is 0 Å². The lowest BCUT2D eigenvalue weighted by Gasteiger charge is -2.11. The van der Waals surface area contributed by atoms with Crippen LogP contribution >= 0.6 is 12.4 Å². The molecule has 0 saturated carbocycles. The van der Waals surface area contributed by atoms with Crippen LogP contribution in [0.15, 0.2) is 24.3 Å². The molecular weight excluding hydrogens is 231 g/mol. The number of benzene rings is 1. The second-order valence-corrected chi connectivity index (χ2v) is 2.91. The molecule has 0 heterocycles. The highest BCUT2D eigenvalue weighted by atomic mass is 35.5. The highest BCUT2D eigenvalue weighted by Crippen LogP contribution is 2.30. The average molecular weight is 242 g/mol. The van der Waals surface area contributed by atoms with Crippen molar-refractivity contribution in [1.29, 1.82) is 0 Å². The quantitative estimate of drug-likeness (QED) is 0.833. The molecule has 0 aliphatic carbocycles. The van der Waals surface area contributed by atoms with Gasteiger partial charge in [0.1, 0.15) is 0 Å². The molecule has 0 aliphatic rings. The fraction of sp³-hybridized carbons (Fsp3) is 0.333. The highest BCUT2D eigenvalue weighted by molar-refractivity contribution is 5.85. The number of halogens is 4. The summed E-state index contributed by atoms with van der Waals surface area (Å²) < 4.78 is 36.7. The van der Waals surface area contributed by atoms with Crippen molar-refractivity contribution in [3.8, 4) is 0 Å². The van der Waals surface area contributed by atoms with Gasteiger partial charge in [-0.3, -0.25) is 0 Å². The van der Waals surface area contributed by atoms with Crippen LogP contribution in [0.4, 0.5) is 13.2 Å². The van der Waals surface area contributed by atoms with Gasteiger partial charge in [0.25, 0.3) is 0 Å². The minimum absolute atomic E-state index is 0. The third-order valence-electron chi connectivity index (χ3n) is 1.84. The van der Waals surface area contributed by atoms with E-state index in [0.29, 0.717) is 0 Å². The number of hydrogen-bond acceptors (Lipinski definition) is 2. The Morgan fingerprint density at radius 3 is 2.40 bits per heavy atom. The Kier molecular flexibility index (Phi) is 5.07. The van der Waals surface area contributed by atoms with Crippen LogP contribution in [0.3, 0.4) is 0 Å². The average Bonchev–Trinajstić information content (AvgIpc) is 2.15. The maximum Gasteiger partial charge on any atom is 0.416 e. The third-order valence-corrected chi connectivity index (χ3v) is 1.84. The summed E-state index contributed by atoms with van der Waals surface area (Å²) in [6.45, 7) is -0.374. The number of aliphatic hydroxyl groups is 1. The third kappa shape index (κ3) is 3.70. The molecule has 1 rings (SSSR count). The van der Waals surface area contributed by atoms with Crippen molar-refractivity contribution < 1.29 is 18.3 Å². The first-order chi connectivity index (χ1) is 6.45. The normalized spacial score (nSPS) is 13.1. The maximum absolute atomic E-state index is 12.2. The minimum atomic E-state index is -4.37. The van der Waals surface area contributed by atoms with Crippen molar-refractivity contribution in [3.05, 3.63) is 35.4 Å². The van der Waals surface area contributed by atoms with Gasteiger partial charge in [-0.2, -0.15) is 13.2 Å². The summed E-state index contributed by atoms with van der Waals surface area (Å²) in [4.78, 5) is 0. The largest absolute Gasteiger partial charge is 0.416 e. The second-order valence-electron chi connectivity index (χ2n) is 2.91. The van der Waals surface area contributed by atoms with E-state index in [2.05, 4.69) is 0 Å². The van der Waals surface area contributed by atoms with E-state index in [1.165, 1.54) is 12.1 Å². The van der Waals surface area contributed by atoms with Crippen molar-refractivity contribution >= 4 is 12.4 Å². The first-order valence-electron chi connectivity index (χ1n) is 3.98. The van der Waals surface area contributed by atoms with Crippen molar-refractivity contribution in [2.45, 2.75) is 12.2 Å². The number of rotatable bonds is 2. The zero-order chi connectivity index (χ0) is 10.8. The Morgan fingerprint density at radius 1 is 1.33 bits per heavy atom. The van der Waals surface area contributed by atoms with Gasteiger partial charge in [-0.05, 0) is 17.7 Å². The Labute approximate surface area is 91.3 Å². The van der Waals surface area contributed by atoms with E-state index in [1.807, 2.05) is 0 Å². The molecule has 0 aliphatic heterocycles. The standard InChI is InChI=1S/C9H10F3NO.ClH/c10-9(11,12)7-3-1-2-6(4-7)8(13)5-14;/h1-4,8,14H,5,13H2;1H/t8-;/m1./s1. The summed E-state index contributed by atoms with van der Waals surface area (Å²) in [6.07, 6.45) is -4.37. The monoisotopic (exact) mass is 241 g/mol. The molecule has 86 valence electrons. The van der Waals surface area contributed by atoms with E-state index in [9.17, 15) is 13.2 Å². The van der Waals surface area contributed by atoms with E-state index >= 15 is 0 Å². The Hall–Kier alpha value is -0.780. The lowest BCUT2D eigenvalue weighted by Crippen LogP contribution is -2.15. The van der Waals surface area contributed by atoms with E-state index in [0.717, 1.165) is 12.1 Å². The molecule has 1 atom stereocenters. The van der Waals surface area contributed by atoms with Crippen LogP contribution < -0.4 is 5.73 Å². The van der Waals surface area contributed by atoms with Gasteiger partial charge >= 0.3 is 6.18 Å². The van der Waals surface area contributed by atoms with Crippen molar-refractivity contribution in [2.24, 2.45) is 5.73 Å². The van der Waals surface area contributed by atoms with Crippen LogP contribution in [-0.2, 0) is 6.18 Å². The first kappa shape index (κ1) is 14.2. The van der Waals surface area contributed by atoms with Gasteiger partial charge < -0.3 is 10.8 Å². The van der Waals surface area contributed by atoms with Crippen molar-refractivity contribution in [2.75, 3.05) is 6.61 Å². The molecule has 0 aromatic heterocycles. The van der Waals surface area contributed by atoms with Crippen molar-refractivity contribution in [1.82, 2.24) is 0 Å². The van der Waals surface area contributed by atoms with Gasteiger partial charge in [0.2, 0.25) is 0 Å². The van der Waals surface area contributed by atoms with Gasteiger partial charge in [0.15, 0.2) is 0 Å². The van der Waals surface area contributed by atoms with Gasteiger partial charge in [-0.25, -0.2) is 0 Å². The smallest absolute Gasteiger partial charge is 0.394 e. The summed E-state index contributed by atoms with van der Waals surface area (Å²) in [5.74, 6) is 0. The fourth-order valence-electron chi connectivity index (χ4n) is 1.05. The molecule has 0 spiro atoms. The zero-order valence-corrected chi connectivity index (χ0v) is 8.48. The SMILES string of the molecule is Cl.N[C@H](CO)c1cccc(C(F)(F)F)c1. The van der Waals surface area contributed by atoms with Crippen LogP contribution in [0.5, 0.6) is 0 Å². The van der Waals surface area contributed by atoms with Gasteiger partial charge in [-0.15, -0.1) is 12.4 Å². The molecule has 6 heteroatoms. The number of aliphatic hydroxyl groups excluding tert-OH is 1. The summed E-state index contributed by atoms with van der Waals surface area (Å²) in [7, 11) is 0. The van der Waals surface area contributed by atoms with Crippen LogP contribution in [0.1, 0.15) is 17.2 Å². The molecular formula is C9H11ClF3NO. The van der Waals surface area contributed by atoms with Gasteiger partial charge in [0.05, 0.1) is 18.2 Å². The van der Waals surface area contributed by atoms with Gasteiger partial charge in [0, 0.05) is 0 Å². The summed E-state index contributed by atoms with van der Waals surface area (Å²) in [6, 6.07) is 3.87. The maximum atomic E-state index is 12.2. The molecule has 0 saturated heterocycles. The summed E-state index contributed by atoms with van der Waals surface area (Å²) >= 11 is 0. The van der Waals surface area contributed by atoms with Crippen LogP contribution in [0.2, 0.25) is 0 Å². The lowest BCUT2D eigenvalue weighted by molar-refractivity contribution is -0.137. The minimum Gasteiger partial charge on any atom is -0.394 e. The summed E-state index contributed by atoms with van der Waals surface area (Å²) in [5.41, 5.74) is 4.92. The molecule has 0 bridgehead atoms. The van der Waals surface area contributed by atoms with Crippen molar-refractivity contribution in [3.63, 3.8) is 0 Å². The van der Waals surface area contributed by atoms with E-state index in [-0.39, 0.29) is 24.6 Å². The van der Waals surface area contributed by atoms with Crippen LogP contribution in [-0.4, -0.2) is 11.7 Å². The molecule has 1 aromatic carbocycles. The Morgan fingerprint density at radius 2 is 1.93 bits per heavy atom. The molecule has 0 radical (unpaired) electrons. The predicted octanol–water partition coefficient (Wildman–Crippen LogP) is 2.12. The van der Waals surface area contributed by atoms with E-state index in [4.69, 9.17) is 10.8 Å². The molecule has 0 fully saturated rings. The number of alkyl halides is 3. The molecule has 1 aromatic rings. The second kappa shape index (κ2) is 5.34.